The zero-order valence-corrected chi connectivity index (χ0v) is 14.0. The van der Waals surface area contributed by atoms with Gasteiger partial charge in [-0.15, -0.1) is 11.3 Å². The van der Waals surface area contributed by atoms with E-state index in [2.05, 4.69) is 10.3 Å². The highest BCUT2D eigenvalue weighted by Gasteiger charge is 2.18. The monoisotopic (exact) mass is 353 g/mol. The minimum Gasteiger partial charge on any atom is -0.306 e. The van der Waals surface area contributed by atoms with Gasteiger partial charge in [0.15, 0.2) is 0 Å². The third-order valence-electron chi connectivity index (χ3n) is 3.60. The fourth-order valence-electron chi connectivity index (χ4n) is 2.49. The molecule has 24 heavy (non-hydrogen) atoms. The molecule has 4 rings (SSSR count). The molecule has 0 saturated heterocycles. The first-order chi connectivity index (χ1) is 11.7. The van der Waals surface area contributed by atoms with E-state index in [1.807, 2.05) is 41.8 Å². The second-order valence-electron chi connectivity index (χ2n) is 5.18. The molecule has 4 aromatic rings. The predicted molar refractivity (Wildman–Crippen MR) is 97.9 cm³/mol. The smallest absolute Gasteiger partial charge is 0.256 e. The third kappa shape index (κ3) is 2.68. The summed E-state index contributed by atoms with van der Waals surface area (Å²) in [5, 5.41) is 5.53. The lowest BCUT2D eigenvalue weighted by molar-refractivity contribution is 0.102. The molecule has 0 aliphatic carbocycles. The minimum atomic E-state index is -0.185. The number of amides is 1. The molecule has 6 heteroatoms. The summed E-state index contributed by atoms with van der Waals surface area (Å²) in [7, 11) is 0. The number of benzene rings is 1. The van der Waals surface area contributed by atoms with Gasteiger partial charge in [0.05, 0.1) is 9.90 Å². The van der Waals surface area contributed by atoms with Gasteiger partial charge in [0.2, 0.25) is 0 Å². The van der Waals surface area contributed by atoms with Gasteiger partial charge in [-0.25, -0.2) is 4.98 Å². The van der Waals surface area contributed by atoms with E-state index in [0.29, 0.717) is 16.4 Å². The largest absolute Gasteiger partial charge is 0.306 e. The summed E-state index contributed by atoms with van der Waals surface area (Å²) in [5.41, 5.74) is 2.05. The van der Waals surface area contributed by atoms with Gasteiger partial charge in [0.25, 0.3) is 5.91 Å². The Morgan fingerprint density at radius 1 is 1.08 bits per heavy atom. The topological polar surface area (TPSA) is 46.4 Å². The predicted octanol–water partition coefficient (Wildman–Crippen LogP) is 4.97. The van der Waals surface area contributed by atoms with Crippen LogP contribution < -0.4 is 5.32 Å². The van der Waals surface area contributed by atoms with Crippen LogP contribution in [0.4, 0.5) is 5.82 Å². The van der Waals surface area contributed by atoms with Crippen LogP contribution in [0.2, 0.25) is 5.02 Å². The Morgan fingerprint density at radius 2 is 1.92 bits per heavy atom. The first kappa shape index (κ1) is 14.9. The van der Waals surface area contributed by atoms with Crippen molar-refractivity contribution in [2.75, 3.05) is 5.32 Å². The maximum absolute atomic E-state index is 12.6. The SMILES string of the molecule is O=C(Nc1c(-c2cccs2)nc2ccc(Cl)cn12)c1ccccc1. The van der Waals surface area contributed by atoms with Crippen molar-refractivity contribution in [2.24, 2.45) is 0 Å². The number of aromatic nitrogens is 2. The number of hydrogen-bond acceptors (Lipinski definition) is 3. The van der Waals surface area contributed by atoms with Gasteiger partial charge in [-0.1, -0.05) is 35.9 Å². The van der Waals surface area contributed by atoms with Crippen LogP contribution in [0, 0.1) is 0 Å². The number of nitrogens with zero attached hydrogens (tertiary/aromatic N) is 2. The van der Waals surface area contributed by atoms with Crippen LogP contribution in [0.3, 0.4) is 0 Å². The van der Waals surface area contributed by atoms with Gasteiger partial charge in [-0.2, -0.15) is 0 Å². The summed E-state index contributed by atoms with van der Waals surface area (Å²) >= 11 is 7.69. The second-order valence-corrected chi connectivity index (χ2v) is 6.57. The number of carbonyl (C=O) groups is 1. The molecular formula is C18H12ClN3OS. The number of nitrogens with one attached hydrogen (secondary N) is 1. The molecule has 3 aromatic heterocycles. The lowest BCUT2D eigenvalue weighted by atomic mass is 10.2. The van der Waals surface area contributed by atoms with Gasteiger partial charge in [0.1, 0.15) is 17.2 Å². The van der Waals surface area contributed by atoms with Crippen LogP contribution in [0.5, 0.6) is 0 Å². The lowest BCUT2D eigenvalue weighted by Gasteiger charge is -2.07. The van der Waals surface area contributed by atoms with E-state index in [0.717, 1.165) is 16.2 Å². The summed E-state index contributed by atoms with van der Waals surface area (Å²) in [4.78, 5) is 18.2. The van der Waals surface area contributed by atoms with Crippen molar-refractivity contribution < 1.29 is 4.79 Å². The maximum Gasteiger partial charge on any atom is 0.256 e. The van der Waals surface area contributed by atoms with E-state index >= 15 is 0 Å². The molecule has 0 atom stereocenters. The number of fused-ring (bicyclic) bond motifs is 1. The normalized spacial score (nSPS) is 10.9. The van der Waals surface area contributed by atoms with Gasteiger partial charge in [-0.3, -0.25) is 9.20 Å². The average molecular weight is 354 g/mol. The molecule has 4 nitrogen and oxygen atoms in total. The highest BCUT2D eigenvalue weighted by molar-refractivity contribution is 7.13. The van der Waals surface area contributed by atoms with Crippen LogP contribution >= 0.6 is 22.9 Å². The fourth-order valence-corrected chi connectivity index (χ4v) is 3.37. The molecule has 1 N–H and O–H groups in total. The standard InChI is InChI=1S/C18H12ClN3OS/c19-13-8-9-15-20-16(14-7-4-10-24-14)17(22(15)11-13)21-18(23)12-5-2-1-3-6-12/h1-11H,(H,21,23). The Labute approximate surface area is 147 Å². The molecule has 0 fully saturated rings. The third-order valence-corrected chi connectivity index (χ3v) is 4.71. The van der Waals surface area contributed by atoms with Gasteiger partial charge in [0, 0.05) is 11.8 Å². The van der Waals surface area contributed by atoms with Crippen LogP contribution in [0.25, 0.3) is 16.2 Å². The zero-order chi connectivity index (χ0) is 16.5. The average Bonchev–Trinajstić information content (AvgIpc) is 3.24. The number of imidazole rings is 1. The number of anilines is 1. The Bertz CT molecular complexity index is 1010. The summed E-state index contributed by atoms with van der Waals surface area (Å²) in [5.74, 6) is 0.430. The molecule has 1 amide bonds. The molecule has 0 aliphatic heterocycles. The summed E-state index contributed by atoms with van der Waals surface area (Å²) in [6, 6.07) is 16.6. The number of pyridine rings is 1. The van der Waals surface area contributed by atoms with E-state index in [1.165, 1.54) is 0 Å². The maximum atomic E-state index is 12.6. The zero-order valence-electron chi connectivity index (χ0n) is 12.4. The molecule has 0 radical (unpaired) electrons. The highest BCUT2D eigenvalue weighted by Crippen LogP contribution is 2.32. The number of thiophene rings is 1. The van der Waals surface area contributed by atoms with Gasteiger partial charge < -0.3 is 5.32 Å². The molecule has 1 aromatic carbocycles. The quantitative estimate of drug-likeness (QED) is 0.565. The Morgan fingerprint density at radius 3 is 2.67 bits per heavy atom. The van der Waals surface area contributed by atoms with Crippen molar-refractivity contribution in [3.8, 4) is 10.6 Å². The number of halogens is 1. The van der Waals surface area contributed by atoms with Crippen molar-refractivity contribution in [1.29, 1.82) is 0 Å². The van der Waals surface area contributed by atoms with Crippen LogP contribution in [0.1, 0.15) is 10.4 Å². The summed E-state index contributed by atoms with van der Waals surface area (Å²) < 4.78 is 1.80. The summed E-state index contributed by atoms with van der Waals surface area (Å²) in [6.45, 7) is 0. The molecule has 0 bridgehead atoms. The highest BCUT2D eigenvalue weighted by atomic mass is 35.5. The Hall–Kier alpha value is -2.63. The first-order valence-corrected chi connectivity index (χ1v) is 8.56. The lowest BCUT2D eigenvalue weighted by Crippen LogP contribution is -2.13. The van der Waals surface area contributed by atoms with Crippen LogP contribution in [-0.2, 0) is 0 Å². The Balaban J connectivity index is 1.84. The first-order valence-electron chi connectivity index (χ1n) is 7.30. The number of rotatable bonds is 3. The van der Waals surface area contributed by atoms with Crippen molar-refractivity contribution in [2.45, 2.75) is 0 Å². The fraction of sp³-hybridized carbons (Fsp3) is 0. The molecule has 0 aliphatic rings. The van der Waals surface area contributed by atoms with Gasteiger partial charge in [-0.05, 0) is 35.7 Å². The number of hydrogen-bond donors (Lipinski definition) is 1. The summed E-state index contributed by atoms with van der Waals surface area (Å²) in [6.07, 6.45) is 1.75. The van der Waals surface area contributed by atoms with Crippen LogP contribution in [-0.4, -0.2) is 15.3 Å². The van der Waals surface area contributed by atoms with Crippen molar-refractivity contribution in [3.63, 3.8) is 0 Å². The molecule has 118 valence electrons. The van der Waals surface area contributed by atoms with Gasteiger partial charge >= 0.3 is 0 Å². The molecular weight excluding hydrogens is 342 g/mol. The molecule has 3 heterocycles. The van der Waals surface area contributed by atoms with E-state index in [1.54, 1.807) is 40.1 Å². The molecule has 0 unspecified atom stereocenters. The second kappa shape index (κ2) is 6.11. The molecule has 0 saturated carbocycles. The van der Waals surface area contributed by atoms with E-state index < -0.39 is 0 Å². The van der Waals surface area contributed by atoms with Crippen molar-refractivity contribution in [1.82, 2.24) is 9.38 Å². The van der Waals surface area contributed by atoms with Crippen LogP contribution in [0.15, 0.2) is 66.2 Å². The number of carbonyl (C=O) groups excluding carboxylic acids is 1. The van der Waals surface area contributed by atoms with Crippen molar-refractivity contribution >= 4 is 40.3 Å². The van der Waals surface area contributed by atoms with E-state index in [9.17, 15) is 4.79 Å². The minimum absolute atomic E-state index is 0.185. The van der Waals surface area contributed by atoms with E-state index in [-0.39, 0.29) is 5.91 Å². The van der Waals surface area contributed by atoms with E-state index in [4.69, 9.17) is 11.6 Å². The molecule has 0 spiro atoms. The Kier molecular flexibility index (Phi) is 3.80. The van der Waals surface area contributed by atoms with Crippen molar-refractivity contribution in [3.05, 3.63) is 76.8 Å².